The summed E-state index contributed by atoms with van der Waals surface area (Å²) < 4.78 is 50.6. The second-order valence-electron chi connectivity index (χ2n) is 23.0. The summed E-state index contributed by atoms with van der Waals surface area (Å²) in [6.07, 6.45) is 3.67. The van der Waals surface area contributed by atoms with E-state index in [1.54, 1.807) is 13.0 Å². The van der Waals surface area contributed by atoms with Crippen LogP contribution in [0.5, 0.6) is 23.0 Å². The van der Waals surface area contributed by atoms with Crippen molar-refractivity contribution in [1.29, 1.82) is 0 Å². The van der Waals surface area contributed by atoms with Gasteiger partial charge in [0, 0.05) is 54.1 Å². The van der Waals surface area contributed by atoms with Crippen LogP contribution in [0.25, 0.3) is 6.08 Å². The third-order valence-electron chi connectivity index (χ3n) is 16.8. The zero-order chi connectivity index (χ0) is 56.4. The number of carbonyl (C=O) groups is 5. The Morgan fingerprint density at radius 1 is 0.910 bits per heavy atom. The first-order valence-electron chi connectivity index (χ1n) is 26.9. The summed E-state index contributed by atoms with van der Waals surface area (Å²) in [4.78, 5) is 76.0. The van der Waals surface area contributed by atoms with Crippen LogP contribution in [0.2, 0.25) is 0 Å². The van der Waals surface area contributed by atoms with Crippen LogP contribution in [0.15, 0.2) is 65.3 Å². The molecule has 19 heteroatoms. The number of fused-ring (bicyclic) bond motifs is 2. The molecular weight excluding hydrogens is 1010 g/mol. The van der Waals surface area contributed by atoms with E-state index in [2.05, 4.69) is 16.3 Å². The fourth-order valence-electron chi connectivity index (χ4n) is 12.9. The number of amides is 1. The number of nitrogens with one attached hydrogen (secondary N) is 1. The molecule has 3 aliphatic carbocycles. The van der Waals surface area contributed by atoms with E-state index < -0.39 is 113 Å². The lowest BCUT2D eigenvalue weighted by Gasteiger charge is -2.64. The van der Waals surface area contributed by atoms with Crippen molar-refractivity contribution in [3.63, 3.8) is 0 Å². The fourth-order valence-corrected chi connectivity index (χ4v) is 12.9. The molecule has 3 saturated heterocycles. The second-order valence-corrected chi connectivity index (χ2v) is 23.0. The molecule has 13 atom stereocenters. The smallest absolute Gasteiger partial charge is 0.333 e. The molecule has 2 aromatic carbocycles. The number of aliphatic hydroxyl groups is 4. The van der Waals surface area contributed by atoms with E-state index in [4.69, 9.17) is 37.9 Å². The van der Waals surface area contributed by atoms with E-state index in [9.17, 15) is 34.8 Å². The Bertz CT molecular complexity index is 2840. The van der Waals surface area contributed by atoms with E-state index in [0.717, 1.165) is 11.1 Å². The number of carbonyl (C=O) groups excluding carboxylic acids is 5. The zero-order valence-electron chi connectivity index (χ0n) is 46.1. The number of ether oxygens (including phenoxy) is 8. The largest absolute Gasteiger partial charge is 0.482 e. The van der Waals surface area contributed by atoms with Gasteiger partial charge in [-0.25, -0.2) is 9.59 Å². The summed E-state index contributed by atoms with van der Waals surface area (Å²) in [6, 6.07) is 3.63. The van der Waals surface area contributed by atoms with Crippen LogP contribution in [0.4, 0.5) is 0 Å². The number of benzene rings is 2. The molecule has 78 heavy (non-hydrogen) atoms. The number of rotatable bonds is 16. The van der Waals surface area contributed by atoms with Gasteiger partial charge in [-0.15, -0.1) is 0 Å². The first kappa shape index (κ1) is 56.9. The number of hydrogen-bond acceptors (Lipinski definition) is 18. The molecule has 4 bridgehead atoms. The summed E-state index contributed by atoms with van der Waals surface area (Å²) in [6.45, 7) is 17.8. The maximum Gasteiger partial charge on any atom is 0.333 e. The van der Waals surface area contributed by atoms with Gasteiger partial charge in [-0.1, -0.05) is 29.4 Å². The number of esters is 2. The van der Waals surface area contributed by atoms with Crippen LogP contribution in [0.3, 0.4) is 0 Å². The molecule has 8 unspecified atom stereocenters. The van der Waals surface area contributed by atoms with Gasteiger partial charge in [0.25, 0.3) is 5.91 Å². The topological polar surface area (TPSA) is 255 Å². The van der Waals surface area contributed by atoms with Gasteiger partial charge in [-0.05, 0) is 124 Å². The average Bonchev–Trinajstić information content (AvgIpc) is 3.82. The van der Waals surface area contributed by atoms with E-state index in [0.29, 0.717) is 62.4 Å². The number of aliphatic hydroxyl groups excluding tert-OH is 4. The molecule has 2 aromatic rings. The third kappa shape index (κ3) is 9.81. The van der Waals surface area contributed by atoms with Crippen molar-refractivity contribution in [1.82, 2.24) is 10.2 Å². The predicted molar refractivity (Wildman–Crippen MR) is 282 cm³/mol. The second kappa shape index (κ2) is 21.7. The van der Waals surface area contributed by atoms with Gasteiger partial charge < -0.3 is 63.6 Å². The molecule has 8 aliphatic rings. The molecular formula is C59H74N2O17. The number of nitrogens with zero attached hydrogens (tertiary/aromatic N) is 1. The fraction of sp³-hybridized carbons (Fsp3) is 0.576. The number of ketones is 2. The Kier molecular flexibility index (Phi) is 15.8. The maximum absolute atomic E-state index is 16.6. The minimum Gasteiger partial charge on any atom is -0.482 e. The molecule has 1 amide bonds. The molecule has 0 radical (unpaired) electrons. The molecule has 10 rings (SSSR count). The van der Waals surface area contributed by atoms with Crippen molar-refractivity contribution in [3.05, 3.63) is 87.5 Å². The zero-order valence-corrected chi connectivity index (χ0v) is 46.1. The van der Waals surface area contributed by atoms with Gasteiger partial charge in [-0.2, -0.15) is 0 Å². The maximum atomic E-state index is 16.6. The number of methoxy groups -OCH3 is 1. The van der Waals surface area contributed by atoms with Crippen LogP contribution < -0.4 is 24.3 Å². The lowest BCUT2D eigenvalue weighted by atomic mass is 9.44. The molecule has 5 heterocycles. The highest BCUT2D eigenvalue weighted by atomic mass is 16.7. The minimum absolute atomic E-state index is 0.00306. The number of morpholine rings is 1. The SMILES string of the molecule is COC(=O)C(C)=CCC12OC(C)(C)C3CC(C1=O)C(N1CCOCC1)C1C(=O)c4c(OC(=O)C(C)NC(=O)c5ccc(O[C@@H]6O[C@H](CO)[C@@H](O)[C@@H](O)[C@H]6O)cc5)c5c(c(CC=C(C)C)c4OC132)OC(C)(CCC=C(C)C)C=C5. The van der Waals surface area contributed by atoms with E-state index in [1.807, 2.05) is 66.7 Å². The highest BCUT2D eigenvalue weighted by Gasteiger charge is 2.86. The number of Topliss-reactive ketones (excluding diaryl/α,β-unsaturated/α-hetero) is 2. The van der Waals surface area contributed by atoms with Gasteiger partial charge in [0.1, 0.15) is 58.9 Å². The summed E-state index contributed by atoms with van der Waals surface area (Å²) in [5.74, 6) is -4.65. The molecule has 5 aliphatic heterocycles. The Balaban J connectivity index is 1.15. The van der Waals surface area contributed by atoms with E-state index >= 15 is 9.59 Å². The Morgan fingerprint density at radius 2 is 1.60 bits per heavy atom. The predicted octanol–water partition coefficient (Wildman–Crippen LogP) is 4.92. The van der Waals surface area contributed by atoms with Gasteiger partial charge in [0.15, 0.2) is 28.5 Å². The molecule has 3 saturated carbocycles. The Labute approximate surface area is 454 Å². The summed E-state index contributed by atoms with van der Waals surface area (Å²) in [5.41, 5.74) is -2.00. The van der Waals surface area contributed by atoms with Gasteiger partial charge in [-0.3, -0.25) is 19.3 Å². The van der Waals surface area contributed by atoms with Crippen LogP contribution in [-0.2, 0) is 39.8 Å². The van der Waals surface area contributed by atoms with Gasteiger partial charge in [0.05, 0.1) is 44.0 Å². The molecule has 422 valence electrons. The van der Waals surface area contributed by atoms with Crippen LogP contribution in [0, 0.1) is 17.8 Å². The van der Waals surface area contributed by atoms with Gasteiger partial charge >= 0.3 is 11.9 Å². The van der Waals surface area contributed by atoms with Crippen molar-refractivity contribution in [2.75, 3.05) is 40.0 Å². The third-order valence-corrected chi connectivity index (χ3v) is 16.8. The lowest BCUT2D eigenvalue weighted by Crippen LogP contribution is -2.82. The highest BCUT2D eigenvalue weighted by molar-refractivity contribution is 6.11. The Morgan fingerprint density at radius 3 is 2.26 bits per heavy atom. The van der Waals surface area contributed by atoms with Crippen molar-refractivity contribution < 1.29 is 82.3 Å². The summed E-state index contributed by atoms with van der Waals surface area (Å²) in [5, 5.41) is 43.2. The minimum atomic E-state index is -1.76. The molecule has 19 nitrogen and oxygen atoms in total. The lowest BCUT2D eigenvalue weighted by molar-refractivity contribution is -0.277. The number of allylic oxidation sites excluding steroid dienone is 4. The normalized spacial score (nSPS) is 32.8. The highest BCUT2D eigenvalue weighted by Crippen LogP contribution is 2.71. The number of hydrogen-bond donors (Lipinski definition) is 5. The van der Waals surface area contributed by atoms with Crippen molar-refractivity contribution in [2.45, 2.75) is 160 Å². The van der Waals surface area contributed by atoms with Crippen molar-refractivity contribution >= 4 is 35.5 Å². The first-order valence-corrected chi connectivity index (χ1v) is 26.9. The molecule has 6 fully saturated rings. The van der Waals surface area contributed by atoms with Crippen molar-refractivity contribution in [3.8, 4) is 23.0 Å². The van der Waals surface area contributed by atoms with Crippen LogP contribution in [-0.4, -0.2) is 160 Å². The van der Waals surface area contributed by atoms with Gasteiger partial charge in [0.2, 0.25) is 6.29 Å². The van der Waals surface area contributed by atoms with E-state index in [1.165, 1.54) is 38.3 Å². The Hall–Kier alpha value is -5.77. The quantitative estimate of drug-likeness (QED) is 0.0647. The molecule has 5 N–H and O–H groups in total. The van der Waals surface area contributed by atoms with Crippen LogP contribution in [0.1, 0.15) is 120 Å². The molecule has 0 aromatic heterocycles. The van der Waals surface area contributed by atoms with E-state index in [-0.39, 0.29) is 52.6 Å². The van der Waals surface area contributed by atoms with Crippen LogP contribution >= 0.6 is 0 Å². The first-order chi connectivity index (χ1) is 36.9. The summed E-state index contributed by atoms with van der Waals surface area (Å²) >= 11 is 0. The standard InChI is InChI=1S/C59H74N2O17/c1-30(2)12-11-21-57(9)22-20-37-48(76-57)36(18-13-31(3)4)50-41(49(37)75-54(70)33(6)60-52(68)34-14-16-35(17-15-34)73-55-47(66)46(65)44(63)39(29-62)74-55)45(64)42-43(61-24-26-72-27-25-61)38-28-40-56(7,8)78-58(51(38)67,59(40,42)77-50)23-19-32(5)53(69)71-10/h12-17,19-20,22,33,38-40,42-44,46-47,55,62-63,65-66H,11,18,21,23-29H2,1-10H3,(H,60,68)/t33?,38?,39-,40?,42?,43?,44-,46-,47-,55-,57?,58?,59?/m1/s1. The van der Waals surface area contributed by atoms with Crippen molar-refractivity contribution in [2.24, 2.45) is 17.8 Å². The molecule has 1 spiro atoms. The average molecular weight is 1080 g/mol. The monoisotopic (exact) mass is 1080 g/mol. The summed E-state index contributed by atoms with van der Waals surface area (Å²) in [7, 11) is 1.28.